The van der Waals surface area contributed by atoms with Gasteiger partial charge >= 0.3 is 12.9 Å². The number of carbonyl (C=O) groups excluding carboxylic acids is 1. The molecule has 0 atom stereocenters. The van der Waals surface area contributed by atoms with Gasteiger partial charge in [0, 0.05) is 55.2 Å². The second-order valence-corrected chi connectivity index (χ2v) is 18.9. The Bertz CT molecular complexity index is 2730. The van der Waals surface area contributed by atoms with Gasteiger partial charge in [-0.05, 0) is 72.5 Å². The summed E-state index contributed by atoms with van der Waals surface area (Å²) in [6, 6.07) is 30.7. The van der Waals surface area contributed by atoms with Gasteiger partial charge in [-0.3, -0.25) is 18.3 Å². The van der Waals surface area contributed by atoms with Gasteiger partial charge in [0.05, 0.1) is 30.2 Å². The van der Waals surface area contributed by atoms with Crippen molar-refractivity contribution in [1.82, 2.24) is 30.2 Å². The average Bonchev–Trinajstić information content (AvgIpc) is 3.82. The first-order valence-electron chi connectivity index (χ1n) is 20.4. The lowest BCUT2D eigenvalue weighted by Gasteiger charge is -2.35. The highest BCUT2D eigenvalue weighted by molar-refractivity contribution is 7.95. The van der Waals surface area contributed by atoms with E-state index in [0.29, 0.717) is 66.4 Å². The molecule has 8 rings (SSSR count). The van der Waals surface area contributed by atoms with Gasteiger partial charge in [-0.2, -0.15) is 17.6 Å². The number of hydrogen-bond acceptors (Lipinski definition) is 12. The second-order valence-electron chi connectivity index (χ2n) is 15.0. The van der Waals surface area contributed by atoms with Gasteiger partial charge < -0.3 is 13.7 Å². The van der Waals surface area contributed by atoms with Crippen LogP contribution in [-0.2, 0) is 37.9 Å². The third kappa shape index (κ3) is 12.0. The van der Waals surface area contributed by atoms with Gasteiger partial charge in [-0.15, -0.1) is 20.4 Å². The summed E-state index contributed by atoms with van der Waals surface area (Å²) in [6.07, 6.45) is -3.74. The number of aromatic nitrogens is 4. The summed E-state index contributed by atoms with van der Waals surface area (Å²) >= 11 is 0. The van der Waals surface area contributed by atoms with Crippen LogP contribution in [-0.4, -0.2) is 91.4 Å². The van der Waals surface area contributed by atoms with Crippen molar-refractivity contribution in [1.29, 1.82) is 0 Å². The molecular formula is C44H44F4N8O7S2. The summed E-state index contributed by atoms with van der Waals surface area (Å²) in [5.74, 6) is -1.20. The molecule has 1 aliphatic carbocycles. The van der Waals surface area contributed by atoms with E-state index >= 15 is 0 Å². The molecule has 6 aromatic rings. The SMILES string of the molecule is C=CS(=O)(=O)N(Cc1ccc(-c2nnc(C(F)F)o2)cc1)c1ccccc1.O=C(C1CC1)N1CCN(CCS(=O)(=O)N(Cc2ccc(-c3nnc(C(F)F)o3)cc2)c2ccccc2)CC1. The number of alkyl halides is 4. The molecule has 1 amide bonds. The molecule has 0 spiro atoms. The summed E-state index contributed by atoms with van der Waals surface area (Å²) in [5.41, 5.74) is 3.36. The zero-order chi connectivity index (χ0) is 46.1. The molecule has 4 aromatic carbocycles. The van der Waals surface area contributed by atoms with Crippen LogP contribution in [0.1, 0.15) is 48.6 Å². The zero-order valence-electron chi connectivity index (χ0n) is 34.7. The van der Waals surface area contributed by atoms with Gasteiger partial charge in [0.2, 0.25) is 27.7 Å². The molecule has 1 saturated heterocycles. The molecule has 342 valence electrons. The predicted octanol–water partition coefficient (Wildman–Crippen LogP) is 7.72. The van der Waals surface area contributed by atoms with E-state index in [-0.39, 0.29) is 42.4 Å². The highest BCUT2D eigenvalue weighted by atomic mass is 32.2. The molecule has 15 nitrogen and oxygen atoms in total. The van der Waals surface area contributed by atoms with Crippen molar-refractivity contribution >= 4 is 37.3 Å². The minimum atomic E-state index is -3.71. The Morgan fingerprint density at radius 2 is 1.11 bits per heavy atom. The number of halogens is 4. The molecule has 0 N–H and O–H groups in total. The largest absolute Gasteiger partial charge is 0.415 e. The zero-order valence-corrected chi connectivity index (χ0v) is 36.4. The van der Waals surface area contributed by atoms with E-state index < -0.39 is 44.7 Å². The first-order chi connectivity index (χ1) is 31.2. The fourth-order valence-corrected chi connectivity index (χ4v) is 9.23. The number of amides is 1. The number of piperazine rings is 1. The summed E-state index contributed by atoms with van der Waals surface area (Å²) < 4.78 is 115. The van der Waals surface area contributed by atoms with Crippen LogP contribution in [0, 0.1) is 5.92 Å². The monoisotopic (exact) mass is 936 g/mol. The minimum Gasteiger partial charge on any atom is -0.415 e. The van der Waals surface area contributed by atoms with Crippen LogP contribution in [0.3, 0.4) is 0 Å². The molecule has 2 aromatic heterocycles. The van der Waals surface area contributed by atoms with Crippen LogP contribution in [0.5, 0.6) is 0 Å². The summed E-state index contributed by atoms with van der Waals surface area (Å²) in [7, 11) is -7.39. The van der Waals surface area contributed by atoms with E-state index in [1.165, 1.54) is 8.61 Å². The van der Waals surface area contributed by atoms with E-state index in [2.05, 4.69) is 31.9 Å². The lowest BCUT2D eigenvalue weighted by molar-refractivity contribution is -0.134. The van der Waals surface area contributed by atoms with Crippen molar-refractivity contribution < 1.29 is 48.0 Å². The van der Waals surface area contributed by atoms with Gasteiger partial charge in [-0.1, -0.05) is 67.2 Å². The number of para-hydroxylation sites is 2. The summed E-state index contributed by atoms with van der Waals surface area (Å²) in [4.78, 5) is 16.3. The number of rotatable bonds is 17. The van der Waals surface area contributed by atoms with Gasteiger partial charge in [0.1, 0.15) is 0 Å². The van der Waals surface area contributed by atoms with E-state index in [1.807, 2.05) is 11.0 Å². The fraction of sp³-hybridized carbons (Fsp3) is 0.295. The van der Waals surface area contributed by atoms with E-state index in [0.717, 1.165) is 18.2 Å². The van der Waals surface area contributed by atoms with Gasteiger partial charge in [0.25, 0.3) is 21.8 Å². The molecule has 1 saturated carbocycles. The number of anilines is 2. The standard InChI is InChI=1S/C26H29F2N5O4S.C18H15F2N3O3S/c27-23(28)25-30-29-24(37-25)20-8-6-19(7-9-20)18-33(22-4-2-1-3-5-22)38(35,36)17-16-31-12-14-32(15-13-31)26(34)21-10-11-21;1-2-27(24,25)23(15-6-4-3-5-7-15)12-13-8-10-14(11-9-13)17-21-22-18(26-17)16(19)20/h1-9,21,23H,10-18H2;2-11,16H,1,12H2. The summed E-state index contributed by atoms with van der Waals surface area (Å²) in [6.45, 7) is 6.49. The van der Waals surface area contributed by atoms with Crippen LogP contribution < -0.4 is 8.61 Å². The van der Waals surface area contributed by atoms with Crippen LogP contribution in [0.15, 0.2) is 130 Å². The Hall–Kier alpha value is -6.45. The molecule has 2 aliphatic rings. The van der Waals surface area contributed by atoms with Crippen molar-refractivity contribution in [3.63, 3.8) is 0 Å². The molecule has 65 heavy (non-hydrogen) atoms. The van der Waals surface area contributed by atoms with Crippen molar-refractivity contribution in [2.24, 2.45) is 5.92 Å². The van der Waals surface area contributed by atoms with Crippen molar-refractivity contribution in [2.45, 2.75) is 38.8 Å². The molecule has 0 unspecified atom stereocenters. The van der Waals surface area contributed by atoms with Crippen LogP contribution in [0.2, 0.25) is 0 Å². The lowest BCUT2D eigenvalue weighted by atomic mass is 10.1. The molecule has 0 radical (unpaired) electrons. The Morgan fingerprint density at radius 3 is 1.52 bits per heavy atom. The topological polar surface area (TPSA) is 176 Å². The number of benzene rings is 4. The third-order valence-corrected chi connectivity index (χ3v) is 13.6. The number of sulfonamides is 2. The highest BCUT2D eigenvalue weighted by Gasteiger charge is 2.35. The van der Waals surface area contributed by atoms with Crippen molar-refractivity contribution in [3.05, 3.63) is 144 Å². The molecular weight excluding hydrogens is 893 g/mol. The average molecular weight is 937 g/mol. The molecule has 21 heteroatoms. The third-order valence-electron chi connectivity index (χ3n) is 10.5. The maximum atomic E-state index is 13.5. The first kappa shape index (κ1) is 46.5. The fourth-order valence-electron chi connectivity index (χ4n) is 6.81. The Kier molecular flexibility index (Phi) is 14.7. The van der Waals surface area contributed by atoms with Crippen LogP contribution >= 0.6 is 0 Å². The van der Waals surface area contributed by atoms with Gasteiger partial charge in [-0.25, -0.2) is 16.8 Å². The van der Waals surface area contributed by atoms with Crippen LogP contribution in [0.25, 0.3) is 22.9 Å². The number of hydrogen-bond donors (Lipinski definition) is 0. The predicted molar refractivity (Wildman–Crippen MR) is 233 cm³/mol. The highest BCUT2D eigenvalue weighted by Crippen LogP contribution is 2.32. The number of carbonyl (C=O) groups is 1. The lowest BCUT2D eigenvalue weighted by Crippen LogP contribution is -2.50. The summed E-state index contributed by atoms with van der Waals surface area (Å²) in [5, 5.41) is 14.7. The normalized spacial score (nSPS) is 14.5. The smallest absolute Gasteiger partial charge is 0.314 e. The minimum absolute atomic E-state index is 0.0293. The molecule has 0 bridgehead atoms. The maximum absolute atomic E-state index is 13.5. The van der Waals surface area contributed by atoms with Crippen molar-refractivity contribution in [2.75, 3.05) is 47.1 Å². The van der Waals surface area contributed by atoms with E-state index in [1.54, 1.807) is 103 Å². The Morgan fingerprint density at radius 1 is 0.662 bits per heavy atom. The number of nitrogens with zero attached hydrogens (tertiary/aromatic N) is 8. The Balaban J connectivity index is 0.000000206. The molecule has 2 fully saturated rings. The first-order valence-corrected chi connectivity index (χ1v) is 23.5. The molecule has 1 aliphatic heterocycles. The molecule has 3 heterocycles. The van der Waals surface area contributed by atoms with E-state index in [9.17, 15) is 39.2 Å². The van der Waals surface area contributed by atoms with Gasteiger partial charge in [0.15, 0.2) is 0 Å². The Labute approximate surface area is 373 Å². The quantitative estimate of drug-likeness (QED) is 0.0816. The maximum Gasteiger partial charge on any atom is 0.314 e. The van der Waals surface area contributed by atoms with E-state index in [4.69, 9.17) is 8.83 Å². The van der Waals surface area contributed by atoms with Crippen LogP contribution in [0.4, 0.5) is 28.9 Å². The van der Waals surface area contributed by atoms with Crippen molar-refractivity contribution in [3.8, 4) is 22.9 Å². The second kappa shape index (κ2) is 20.6.